The molecule has 2 rings (SSSR count). The third-order valence-corrected chi connectivity index (χ3v) is 2.42. The van der Waals surface area contributed by atoms with E-state index in [1.165, 1.54) is 24.4 Å². The summed E-state index contributed by atoms with van der Waals surface area (Å²) in [6.45, 7) is 0. The Morgan fingerprint density at radius 3 is 2.67 bits per heavy atom. The summed E-state index contributed by atoms with van der Waals surface area (Å²) >= 11 is 0. The van der Waals surface area contributed by atoms with Gasteiger partial charge in [0, 0.05) is 6.07 Å². The fourth-order valence-corrected chi connectivity index (χ4v) is 1.40. The summed E-state index contributed by atoms with van der Waals surface area (Å²) in [7, 11) is 0. The number of rotatable bonds is 3. The first kappa shape index (κ1) is 9.48. The fraction of sp³-hybridized carbons (Fsp3) is 0.333. The predicted molar refractivity (Wildman–Crippen MR) is 49.9 cm³/mol. The molecule has 6 nitrogen and oxygen atoms in total. The molecule has 0 amide bonds. The molecule has 0 spiro atoms. The number of hydrogen-bond acceptors (Lipinski definition) is 5. The number of nitro groups is 1. The van der Waals surface area contributed by atoms with Crippen LogP contribution in [0.4, 0.5) is 5.69 Å². The molecule has 1 aliphatic carbocycles. The van der Waals surface area contributed by atoms with Crippen molar-refractivity contribution in [2.24, 2.45) is 4.99 Å². The van der Waals surface area contributed by atoms with Gasteiger partial charge in [-0.15, -0.1) is 0 Å². The highest BCUT2D eigenvalue weighted by atomic mass is 16.6. The van der Waals surface area contributed by atoms with Gasteiger partial charge in [0.1, 0.15) is 11.7 Å². The molecule has 0 unspecified atom stereocenters. The van der Waals surface area contributed by atoms with Crippen LogP contribution in [0.3, 0.4) is 0 Å². The largest absolute Gasteiger partial charge is 0.287 e. The lowest BCUT2D eigenvalue weighted by Crippen LogP contribution is -2.05. The molecule has 1 heterocycles. The second kappa shape index (κ2) is 3.25. The minimum Gasteiger partial charge on any atom is -0.258 e. The van der Waals surface area contributed by atoms with E-state index in [-0.39, 0.29) is 5.69 Å². The van der Waals surface area contributed by atoms with Gasteiger partial charge in [-0.1, -0.05) is 0 Å². The Bertz CT molecular complexity index is 444. The molecular weight excluding hydrogens is 198 g/mol. The molecule has 0 aromatic carbocycles. The van der Waals surface area contributed by atoms with Crippen molar-refractivity contribution in [1.82, 2.24) is 4.98 Å². The van der Waals surface area contributed by atoms with Crippen LogP contribution in [-0.2, 0) is 10.3 Å². The Hall–Kier alpha value is -2.07. The zero-order chi connectivity index (χ0) is 10.9. The Morgan fingerprint density at radius 1 is 1.53 bits per heavy atom. The highest BCUT2D eigenvalue weighted by Crippen LogP contribution is 2.48. The summed E-state index contributed by atoms with van der Waals surface area (Å²) in [5.74, 6) is 0. The molecule has 1 aromatic rings. The number of carbonyl (C=O) groups excluding carboxylic acids is 1. The van der Waals surface area contributed by atoms with Crippen molar-refractivity contribution in [3.05, 3.63) is 34.1 Å². The molecule has 0 aliphatic heterocycles. The zero-order valence-electron chi connectivity index (χ0n) is 7.71. The van der Waals surface area contributed by atoms with Crippen LogP contribution in [0.15, 0.2) is 23.3 Å². The highest BCUT2D eigenvalue weighted by Gasteiger charge is 2.46. The van der Waals surface area contributed by atoms with Gasteiger partial charge in [0.05, 0.1) is 10.6 Å². The fourth-order valence-electron chi connectivity index (χ4n) is 1.40. The summed E-state index contributed by atoms with van der Waals surface area (Å²) < 4.78 is 0. The number of isocyanates is 1. The molecule has 1 fully saturated rings. The van der Waals surface area contributed by atoms with Gasteiger partial charge in [-0.05, 0) is 18.9 Å². The van der Waals surface area contributed by atoms with Crippen molar-refractivity contribution in [2.75, 3.05) is 0 Å². The Morgan fingerprint density at radius 2 is 2.27 bits per heavy atom. The third kappa shape index (κ3) is 1.62. The van der Waals surface area contributed by atoms with Crippen molar-refractivity contribution in [2.45, 2.75) is 18.4 Å². The van der Waals surface area contributed by atoms with E-state index >= 15 is 0 Å². The number of aliphatic imine (C=N–C) groups is 1. The first-order chi connectivity index (χ1) is 7.18. The maximum atomic E-state index is 10.4. The van der Waals surface area contributed by atoms with Gasteiger partial charge >= 0.3 is 0 Å². The van der Waals surface area contributed by atoms with Gasteiger partial charge in [-0.2, -0.15) is 4.99 Å². The van der Waals surface area contributed by atoms with Crippen LogP contribution in [0.25, 0.3) is 0 Å². The minimum atomic E-state index is -0.559. The first-order valence-electron chi connectivity index (χ1n) is 4.38. The molecule has 0 bridgehead atoms. The molecule has 1 aromatic heterocycles. The van der Waals surface area contributed by atoms with E-state index in [4.69, 9.17) is 0 Å². The van der Waals surface area contributed by atoms with Crippen LogP contribution in [-0.4, -0.2) is 16.0 Å². The summed E-state index contributed by atoms with van der Waals surface area (Å²) in [5, 5.41) is 10.4. The lowest BCUT2D eigenvalue weighted by molar-refractivity contribution is -0.385. The van der Waals surface area contributed by atoms with E-state index in [9.17, 15) is 14.9 Å². The topological polar surface area (TPSA) is 85.5 Å². The van der Waals surface area contributed by atoms with Crippen molar-refractivity contribution < 1.29 is 9.72 Å². The van der Waals surface area contributed by atoms with Crippen molar-refractivity contribution in [3.8, 4) is 0 Å². The van der Waals surface area contributed by atoms with Gasteiger partial charge in [0.25, 0.3) is 5.69 Å². The summed E-state index contributed by atoms with van der Waals surface area (Å²) in [6.07, 6.45) is 4.17. The van der Waals surface area contributed by atoms with Crippen LogP contribution < -0.4 is 0 Å². The number of nitrogens with zero attached hydrogens (tertiary/aromatic N) is 3. The summed E-state index contributed by atoms with van der Waals surface area (Å²) in [5.41, 5.74) is -0.0299. The second-order valence-corrected chi connectivity index (χ2v) is 3.39. The summed E-state index contributed by atoms with van der Waals surface area (Å²) in [4.78, 5) is 27.7. The monoisotopic (exact) mass is 205 g/mol. The molecular formula is C9H7N3O3. The Kier molecular flexibility index (Phi) is 2.06. The molecule has 76 valence electrons. The van der Waals surface area contributed by atoms with Gasteiger partial charge in [0.2, 0.25) is 6.08 Å². The lowest BCUT2D eigenvalue weighted by Gasteiger charge is -2.05. The minimum absolute atomic E-state index is 0.0652. The third-order valence-electron chi connectivity index (χ3n) is 2.42. The lowest BCUT2D eigenvalue weighted by atomic mass is 10.1. The predicted octanol–water partition coefficient (Wildman–Crippen LogP) is 1.31. The quantitative estimate of drug-likeness (QED) is 0.322. The molecule has 0 saturated heterocycles. The van der Waals surface area contributed by atoms with E-state index in [1.807, 2.05) is 0 Å². The molecule has 1 aliphatic rings. The number of aromatic nitrogens is 1. The first-order valence-corrected chi connectivity index (χ1v) is 4.38. The van der Waals surface area contributed by atoms with Crippen LogP contribution in [0.5, 0.6) is 0 Å². The average molecular weight is 205 g/mol. The van der Waals surface area contributed by atoms with E-state index in [1.54, 1.807) is 0 Å². The molecule has 15 heavy (non-hydrogen) atoms. The zero-order valence-corrected chi connectivity index (χ0v) is 7.71. The van der Waals surface area contributed by atoms with Crippen molar-refractivity contribution in [1.29, 1.82) is 0 Å². The number of pyridine rings is 1. The van der Waals surface area contributed by atoms with Gasteiger partial charge in [-0.3, -0.25) is 15.1 Å². The van der Waals surface area contributed by atoms with E-state index in [0.29, 0.717) is 5.69 Å². The van der Waals surface area contributed by atoms with Crippen LogP contribution >= 0.6 is 0 Å². The van der Waals surface area contributed by atoms with Crippen LogP contribution in [0.1, 0.15) is 18.5 Å². The smallest absolute Gasteiger partial charge is 0.258 e. The van der Waals surface area contributed by atoms with Gasteiger partial charge in [-0.25, -0.2) is 4.79 Å². The maximum Gasteiger partial charge on any atom is 0.287 e. The SMILES string of the molecule is O=C=NC1(c2ccc([N+](=O)[O-])cn2)CC1. The molecule has 0 atom stereocenters. The molecule has 6 heteroatoms. The van der Waals surface area contributed by atoms with Gasteiger partial charge in [0.15, 0.2) is 0 Å². The van der Waals surface area contributed by atoms with Crippen LogP contribution in [0.2, 0.25) is 0 Å². The van der Waals surface area contributed by atoms with E-state index < -0.39 is 10.5 Å². The Labute approximate surface area is 84.8 Å². The highest BCUT2D eigenvalue weighted by molar-refractivity contribution is 5.40. The van der Waals surface area contributed by atoms with Crippen LogP contribution in [0, 0.1) is 10.1 Å². The molecule has 0 radical (unpaired) electrons. The number of hydrogen-bond donors (Lipinski definition) is 0. The molecule has 0 N–H and O–H groups in total. The van der Waals surface area contributed by atoms with Crippen molar-refractivity contribution in [3.63, 3.8) is 0 Å². The van der Waals surface area contributed by atoms with E-state index in [0.717, 1.165) is 12.8 Å². The average Bonchev–Trinajstić information content (AvgIpc) is 3.00. The second-order valence-electron chi connectivity index (χ2n) is 3.39. The standard InChI is InChI=1S/C9H7N3O3/c13-6-11-9(3-4-9)8-2-1-7(5-10-8)12(14)15/h1-2,5H,3-4H2. The van der Waals surface area contributed by atoms with Gasteiger partial charge < -0.3 is 0 Å². The maximum absolute atomic E-state index is 10.4. The Balaban J connectivity index is 2.32. The van der Waals surface area contributed by atoms with E-state index in [2.05, 4.69) is 9.98 Å². The normalized spacial score (nSPS) is 16.5. The molecule has 1 saturated carbocycles. The van der Waals surface area contributed by atoms with Crippen molar-refractivity contribution >= 4 is 11.8 Å². The summed E-state index contributed by atoms with van der Waals surface area (Å²) in [6, 6.07) is 2.90.